The Morgan fingerprint density at radius 2 is 1.78 bits per heavy atom. The maximum Gasteiger partial charge on any atom is 0 e. The molecule has 53 valence electrons. The molecule has 0 aliphatic heterocycles. The van der Waals surface area contributed by atoms with Gasteiger partial charge in [0.1, 0.15) is 0 Å². The van der Waals surface area contributed by atoms with Gasteiger partial charge in [-0.1, -0.05) is 26.7 Å². The molecule has 1 unspecified atom stereocenters. The summed E-state index contributed by atoms with van der Waals surface area (Å²) >= 11 is 0. The molecule has 0 rings (SSSR count). The second-order valence-corrected chi connectivity index (χ2v) is 3.77. The molecule has 0 heterocycles. The van der Waals surface area contributed by atoms with Gasteiger partial charge in [-0.15, -0.1) is 8.58 Å². The van der Waals surface area contributed by atoms with Crippen LogP contribution >= 0.6 is 8.58 Å². The fraction of sp³-hybridized carbons (Fsp3) is 1.00. The van der Waals surface area contributed by atoms with E-state index in [2.05, 4.69) is 13.8 Å². The fourth-order valence-electron chi connectivity index (χ4n) is 0.677. The smallest absolute Gasteiger partial charge is 0 e. The third-order valence-corrected chi connectivity index (χ3v) is 2.41. The Hall–Kier alpha value is 1.53. The molecule has 0 amide bonds. The minimum Gasteiger partial charge on any atom is -0.122 e. The van der Waals surface area contributed by atoms with E-state index >= 15 is 0 Å². The van der Waals surface area contributed by atoms with Crippen molar-refractivity contribution in [3.8, 4) is 0 Å². The van der Waals surface area contributed by atoms with Gasteiger partial charge in [-0.2, -0.15) is 0 Å². The molecule has 0 fully saturated rings. The van der Waals surface area contributed by atoms with Crippen molar-refractivity contribution in [2.45, 2.75) is 33.1 Å². The molecule has 0 saturated carbocycles. The van der Waals surface area contributed by atoms with E-state index in [0.717, 1.165) is 0 Å². The molecular weight excluding hydrogens is 204 g/mol. The molecule has 0 aliphatic rings. The van der Waals surface area contributed by atoms with E-state index in [-0.39, 0.29) is 32.7 Å². The number of rotatable bonds is 5. The zero-order valence-electron chi connectivity index (χ0n) is 6.61. The van der Waals surface area contributed by atoms with Crippen LogP contribution in [0.15, 0.2) is 0 Å². The Labute approximate surface area is 86.2 Å². The van der Waals surface area contributed by atoms with E-state index in [0.29, 0.717) is 0 Å². The molecule has 0 aromatic heterocycles. The van der Waals surface area contributed by atoms with Crippen LogP contribution in [0.4, 0.5) is 0 Å². The Bertz CT molecular complexity index is 33.9. The Morgan fingerprint density at radius 3 is 2.22 bits per heavy atom. The molecule has 1 atom stereocenters. The van der Waals surface area contributed by atoms with E-state index in [1.807, 2.05) is 0 Å². The molecule has 0 bridgehead atoms. The monoisotopic (exact) mass is 221 g/mol. The van der Waals surface area contributed by atoms with Crippen LogP contribution in [0.1, 0.15) is 33.1 Å². The predicted octanol–water partition coefficient (Wildman–Crippen LogP) is 2.87. The first-order valence-electron chi connectivity index (χ1n) is 3.62. The Morgan fingerprint density at radius 1 is 1.11 bits per heavy atom. The van der Waals surface area contributed by atoms with Gasteiger partial charge in [0.05, 0.1) is 0 Å². The molecule has 0 aromatic rings. The van der Waals surface area contributed by atoms with Crippen LogP contribution in [0.25, 0.3) is 0 Å². The zero-order valence-corrected chi connectivity index (χ0v) is 10.5. The van der Waals surface area contributed by atoms with Crippen LogP contribution in [-0.4, -0.2) is 12.3 Å². The molecule has 0 nitrogen and oxygen atoms in total. The van der Waals surface area contributed by atoms with E-state index in [1.165, 1.54) is 40.2 Å². The molecule has 1 radical (unpaired) electrons. The van der Waals surface area contributed by atoms with Gasteiger partial charge < -0.3 is 0 Å². The van der Waals surface area contributed by atoms with Crippen LogP contribution < -0.4 is 0 Å². The molecule has 0 spiro atoms. The first-order valence-corrected chi connectivity index (χ1v) is 5.04. The van der Waals surface area contributed by atoms with Crippen molar-refractivity contribution in [2.75, 3.05) is 12.3 Å². The summed E-state index contributed by atoms with van der Waals surface area (Å²) in [7, 11) is 1.22. The van der Waals surface area contributed by atoms with Crippen molar-refractivity contribution in [2.24, 2.45) is 0 Å². The Balaban J connectivity index is 0. The van der Waals surface area contributed by atoms with Gasteiger partial charge in [-0.3, -0.25) is 0 Å². The largest absolute Gasteiger partial charge is 0.122 e. The number of unbranched alkanes of at least 4 members (excludes halogenated alkanes) is 2. The molecule has 0 saturated heterocycles. The second kappa shape index (κ2) is 12.2. The minimum absolute atomic E-state index is 0. The average molecular weight is 221 g/mol. The predicted molar refractivity (Wildman–Crippen MR) is 43.2 cm³/mol. The van der Waals surface area contributed by atoms with Gasteiger partial charge in [0.15, 0.2) is 0 Å². The van der Waals surface area contributed by atoms with Crippen LogP contribution in [0, 0.1) is 0 Å². The third-order valence-electron chi connectivity index (χ3n) is 1.21. The molecular formula is C7H17PY. The van der Waals surface area contributed by atoms with Gasteiger partial charge in [-0.05, 0) is 18.7 Å². The van der Waals surface area contributed by atoms with Gasteiger partial charge in [0.2, 0.25) is 0 Å². The van der Waals surface area contributed by atoms with E-state index in [1.54, 1.807) is 0 Å². The van der Waals surface area contributed by atoms with E-state index in [4.69, 9.17) is 0 Å². The summed E-state index contributed by atoms with van der Waals surface area (Å²) in [6.45, 7) is 4.53. The van der Waals surface area contributed by atoms with Crippen molar-refractivity contribution < 1.29 is 32.7 Å². The molecule has 9 heavy (non-hydrogen) atoms. The SMILES string of the molecule is CCCCCPCC.[Y]. The first kappa shape index (κ1) is 13.1. The van der Waals surface area contributed by atoms with Crippen LogP contribution in [0.5, 0.6) is 0 Å². The van der Waals surface area contributed by atoms with Gasteiger partial charge in [0, 0.05) is 32.7 Å². The number of hydrogen-bond acceptors (Lipinski definition) is 0. The quantitative estimate of drug-likeness (QED) is 0.494. The molecule has 2 heteroatoms. The summed E-state index contributed by atoms with van der Waals surface area (Å²) in [5.74, 6) is 0. The third kappa shape index (κ3) is 12.7. The standard InChI is InChI=1S/C7H17P.Y/c1-3-5-6-7-8-4-2;/h8H,3-7H2,1-2H3;. The summed E-state index contributed by atoms with van der Waals surface area (Å²) < 4.78 is 0. The summed E-state index contributed by atoms with van der Waals surface area (Å²) in [6.07, 6.45) is 7.14. The second-order valence-electron chi connectivity index (χ2n) is 2.06. The topological polar surface area (TPSA) is 0 Å². The van der Waals surface area contributed by atoms with Crippen LogP contribution in [-0.2, 0) is 32.7 Å². The first-order chi connectivity index (χ1) is 3.91. The van der Waals surface area contributed by atoms with Crippen molar-refractivity contribution in [1.82, 2.24) is 0 Å². The van der Waals surface area contributed by atoms with Gasteiger partial charge in [-0.25, -0.2) is 0 Å². The summed E-state index contributed by atoms with van der Waals surface area (Å²) in [5, 5.41) is 0. The van der Waals surface area contributed by atoms with Crippen LogP contribution in [0.2, 0.25) is 0 Å². The Kier molecular flexibility index (Phi) is 17.9. The maximum absolute atomic E-state index is 2.27. The maximum atomic E-state index is 2.27. The van der Waals surface area contributed by atoms with E-state index in [9.17, 15) is 0 Å². The summed E-state index contributed by atoms with van der Waals surface area (Å²) in [6, 6.07) is 0. The van der Waals surface area contributed by atoms with Crippen molar-refractivity contribution in [3.63, 3.8) is 0 Å². The fourth-order valence-corrected chi connectivity index (χ4v) is 1.53. The van der Waals surface area contributed by atoms with Gasteiger partial charge >= 0.3 is 0 Å². The number of hydrogen-bond donors (Lipinski definition) is 0. The van der Waals surface area contributed by atoms with Crippen molar-refractivity contribution >= 4 is 8.58 Å². The summed E-state index contributed by atoms with van der Waals surface area (Å²) in [5.41, 5.74) is 0. The molecule has 0 aliphatic carbocycles. The van der Waals surface area contributed by atoms with Crippen molar-refractivity contribution in [3.05, 3.63) is 0 Å². The zero-order chi connectivity index (χ0) is 6.24. The summed E-state index contributed by atoms with van der Waals surface area (Å²) in [4.78, 5) is 0. The van der Waals surface area contributed by atoms with Gasteiger partial charge in [0.25, 0.3) is 0 Å². The molecule has 0 aromatic carbocycles. The average Bonchev–Trinajstić information content (AvgIpc) is 1.81. The minimum atomic E-state index is 0. The normalized spacial score (nSPS) is 10.0. The van der Waals surface area contributed by atoms with E-state index < -0.39 is 0 Å². The van der Waals surface area contributed by atoms with Crippen molar-refractivity contribution in [1.29, 1.82) is 0 Å². The van der Waals surface area contributed by atoms with Crippen LogP contribution in [0.3, 0.4) is 0 Å². The molecule has 0 N–H and O–H groups in total.